The van der Waals surface area contributed by atoms with Crippen molar-refractivity contribution < 1.29 is 5.11 Å². The number of hydrogen-bond donors (Lipinski definition) is 2. The van der Waals surface area contributed by atoms with E-state index in [4.69, 9.17) is 0 Å². The Morgan fingerprint density at radius 1 is 1.23 bits per heavy atom. The SMILES string of the molecule is Cc1cn2nc(-c3cc(O)c4c(=O)n(C5CCNC6(CC6)C5)ccc4c3)cc(C)c2n1. The lowest BCUT2D eigenvalue weighted by Gasteiger charge is -2.31. The molecule has 2 N–H and O–H groups in total. The fraction of sp³-hybridized carbons (Fsp3) is 0.375. The minimum Gasteiger partial charge on any atom is -0.507 e. The van der Waals surface area contributed by atoms with Crippen LogP contribution in [0, 0.1) is 13.8 Å². The normalized spacial score (nSPS) is 20.0. The Morgan fingerprint density at radius 3 is 2.87 bits per heavy atom. The number of piperidine rings is 1. The zero-order valence-electron chi connectivity index (χ0n) is 17.7. The molecule has 1 aliphatic carbocycles. The number of aryl methyl sites for hydroxylation is 2. The summed E-state index contributed by atoms with van der Waals surface area (Å²) in [4.78, 5) is 17.8. The Labute approximate surface area is 179 Å². The molecular formula is C24H25N5O2. The molecule has 4 aromatic rings. The van der Waals surface area contributed by atoms with Gasteiger partial charge in [-0.1, -0.05) is 0 Å². The van der Waals surface area contributed by atoms with Gasteiger partial charge in [-0.25, -0.2) is 9.50 Å². The van der Waals surface area contributed by atoms with Crippen molar-refractivity contribution >= 4 is 16.4 Å². The first-order valence-electron chi connectivity index (χ1n) is 10.9. The zero-order chi connectivity index (χ0) is 21.3. The number of aromatic hydroxyl groups is 1. The maximum atomic E-state index is 13.3. The van der Waals surface area contributed by atoms with Crippen molar-refractivity contribution in [1.29, 1.82) is 0 Å². The Morgan fingerprint density at radius 2 is 2.06 bits per heavy atom. The number of benzene rings is 1. The number of hydrogen-bond acceptors (Lipinski definition) is 5. The zero-order valence-corrected chi connectivity index (χ0v) is 17.7. The number of rotatable bonds is 2. The van der Waals surface area contributed by atoms with E-state index in [9.17, 15) is 9.90 Å². The first kappa shape index (κ1) is 18.6. The van der Waals surface area contributed by atoms with E-state index in [-0.39, 0.29) is 22.9 Å². The van der Waals surface area contributed by atoms with Crippen LogP contribution in [0.25, 0.3) is 27.7 Å². The maximum Gasteiger partial charge on any atom is 0.262 e. The summed E-state index contributed by atoms with van der Waals surface area (Å²) in [5.74, 6) is 0.00304. The number of phenols is 1. The van der Waals surface area contributed by atoms with Gasteiger partial charge in [-0.05, 0) is 81.3 Å². The molecule has 1 aliphatic heterocycles. The summed E-state index contributed by atoms with van der Waals surface area (Å²) in [5.41, 5.74) is 4.36. The highest BCUT2D eigenvalue weighted by molar-refractivity contribution is 5.91. The number of phenolic OH excluding ortho intramolecular Hbond substituents is 1. The molecular weight excluding hydrogens is 390 g/mol. The van der Waals surface area contributed by atoms with E-state index in [1.807, 2.05) is 49.0 Å². The van der Waals surface area contributed by atoms with Crippen molar-refractivity contribution in [2.75, 3.05) is 6.54 Å². The average Bonchev–Trinajstić information content (AvgIpc) is 3.35. The van der Waals surface area contributed by atoms with Gasteiger partial charge < -0.3 is 15.0 Å². The molecule has 7 heteroatoms. The number of nitrogens with zero attached hydrogens (tertiary/aromatic N) is 4. The molecule has 1 unspecified atom stereocenters. The topological polar surface area (TPSA) is 84.5 Å². The summed E-state index contributed by atoms with van der Waals surface area (Å²) in [6.07, 6.45) is 8.06. The minimum absolute atomic E-state index is 0.00304. The van der Waals surface area contributed by atoms with E-state index in [1.165, 1.54) is 12.8 Å². The standard InChI is InChI=1S/C24H25N5O2/c1-14-9-19(27-29-13-15(2)26-22(14)29)17-10-16-4-8-28(23(31)21(16)20(30)11-17)18-3-7-25-24(12-18)5-6-24/h4,8-11,13,18,25,30H,3,5-7,12H2,1-2H3. The number of fused-ring (bicyclic) bond motifs is 2. The first-order chi connectivity index (χ1) is 14.9. The van der Waals surface area contributed by atoms with Crippen LogP contribution in [0.15, 0.2) is 41.5 Å². The Bertz CT molecular complexity index is 1410. The molecule has 1 saturated heterocycles. The highest BCUT2D eigenvalue weighted by Gasteiger charge is 2.46. The molecule has 0 bridgehead atoms. The van der Waals surface area contributed by atoms with Gasteiger partial charge in [0.1, 0.15) is 5.75 Å². The van der Waals surface area contributed by atoms with Gasteiger partial charge in [0.25, 0.3) is 5.56 Å². The molecule has 0 amide bonds. The van der Waals surface area contributed by atoms with Gasteiger partial charge in [-0.2, -0.15) is 5.10 Å². The second kappa shape index (κ2) is 6.40. The molecule has 3 aromatic heterocycles. The van der Waals surface area contributed by atoms with Crippen LogP contribution in [0.2, 0.25) is 0 Å². The molecule has 31 heavy (non-hydrogen) atoms. The van der Waals surface area contributed by atoms with Crippen LogP contribution in [0.1, 0.15) is 43.0 Å². The molecule has 1 saturated carbocycles. The lowest BCUT2D eigenvalue weighted by Crippen LogP contribution is -2.42. The molecule has 0 radical (unpaired) electrons. The van der Waals surface area contributed by atoms with Gasteiger partial charge >= 0.3 is 0 Å². The second-order valence-corrected chi connectivity index (χ2v) is 9.20. The van der Waals surface area contributed by atoms with Crippen LogP contribution in [0.4, 0.5) is 0 Å². The number of nitrogens with one attached hydrogen (secondary N) is 1. The summed E-state index contributed by atoms with van der Waals surface area (Å²) < 4.78 is 3.59. The van der Waals surface area contributed by atoms with Gasteiger partial charge in [0.2, 0.25) is 0 Å². The fourth-order valence-corrected chi connectivity index (χ4v) is 5.09. The van der Waals surface area contributed by atoms with Crippen LogP contribution in [0.5, 0.6) is 5.75 Å². The van der Waals surface area contributed by atoms with Crippen molar-refractivity contribution in [3.05, 3.63) is 58.3 Å². The highest BCUT2D eigenvalue weighted by atomic mass is 16.3. The quantitative estimate of drug-likeness (QED) is 0.524. The molecule has 6 rings (SSSR count). The third kappa shape index (κ3) is 2.95. The van der Waals surface area contributed by atoms with Gasteiger partial charge in [-0.15, -0.1) is 0 Å². The maximum absolute atomic E-state index is 13.3. The Kier molecular flexibility index (Phi) is 3.84. The number of aromatic nitrogens is 4. The van der Waals surface area contributed by atoms with E-state index >= 15 is 0 Å². The van der Waals surface area contributed by atoms with E-state index < -0.39 is 0 Å². The van der Waals surface area contributed by atoms with Crippen LogP contribution in [0.3, 0.4) is 0 Å². The van der Waals surface area contributed by atoms with Crippen molar-refractivity contribution in [1.82, 2.24) is 24.5 Å². The van der Waals surface area contributed by atoms with Gasteiger partial charge in [0, 0.05) is 23.3 Å². The van der Waals surface area contributed by atoms with Crippen LogP contribution < -0.4 is 10.9 Å². The average molecular weight is 415 g/mol. The first-order valence-corrected chi connectivity index (χ1v) is 10.9. The summed E-state index contributed by atoms with van der Waals surface area (Å²) in [7, 11) is 0. The monoisotopic (exact) mass is 415 g/mol. The fourth-order valence-electron chi connectivity index (χ4n) is 5.09. The Hall–Kier alpha value is -3.19. The minimum atomic E-state index is -0.117. The summed E-state index contributed by atoms with van der Waals surface area (Å²) in [6.45, 7) is 4.87. The molecule has 1 aromatic carbocycles. The molecule has 2 fully saturated rings. The van der Waals surface area contributed by atoms with E-state index in [0.29, 0.717) is 5.39 Å². The molecule has 7 nitrogen and oxygen atoms in total. The molecule has 1 atom stereocenters. The lowest BCUT2D eigenvalue weighted by atomic mass is 9.96. The van der Waals surface area contributed by atoms with Gasteiger partial charge in [-0.3, -0.25) is 4.79 Å². The smallest absolute Gasteiger partial charge is 0.262 e. The third-order valence-electron chi connectivity index (χ3n) is 6.89. The summed E-state index contributed by atoms with van der Waals surface area (Å²) in [5, 5.41) is 20.2. The molecule has 4 heterocycles. The van der Waals surface area contributed by atoms with E-state index in [2.05, 4.69) is 15.4 Å². The van der Waals surface area contributed by atoms with E-state index in [0.717, 1.165) is 52.9 Å². The number of imidazole rings is 1. The van der Waals surface area contributed by atoms with Crippen molar-refractivity contribution in [3.63, 3.8) is 0 Å². The molecule has 2 aliphatic rings. The second-order valence-electron chi connectivity index (χ2n) is 9.20. The van der Waals surface area contributed by atoms with E-state index in [1.54, 1.807) is 10.6 Å². The third-order valence-corrected chi connectivity index (χ3v) is 6.89. The summed E-state index contributed by atoms with van der Waals surface area (Å²) in [6, 6.07) is 7.66. The van der Waals surface area contributed by atoms with Crippen LogP contribution in [-0.4, -0.2) is 36.4 Å². The van der Waals surface area contributed by atoms with Crippen molar-refractivity contribution in [2.45, 2.75) is 51.1 Å². The number of pyridine rings is 1. The lowest BCUT2D eigenvalue weighted by molar-refractivity contribution is 0.282. The van der Waals surface area contributed by atoms with Crippen molar-refractivity contribution in [2.24, 2.45) is 0 Å². The van der Waals surface area contributed by atoms with Crippen LogP contribution in [-0.2, 0) is 0 Å². The predicted molar refractivity (Wildman–Crippen MR) is 120 cm³/mol. The van der Waals surface area contributed by atoms with Gasteiger partial charge in [0.15, 0.2) is 5.65 Å². The molecule has 158 valence electrons. The largest absolute Gasteiger partial charge is 0.507 e. The Balaban J connectivity index is 1.45. The molecule has 1 spiro atoms. The van der Waals surface area contributed by atoms with Gasteiger partial charge in [0.05, 0.1) is 23.0 Å². The van der Waals surface area contributed by atoms with Crippen molar-refractivity contribution in [3.8, 4) is 17.0 Å². The van der Waals surface area contributed by atoms with Crippen LogP contribution >= 0.6 is 0 Å². The summed E-state index contributed by atoms with van der Waals surface area (Å²) >= 11 is 0. The highest BCUT2D eigenvalue weighted by Crippen LogP contribution is 2.45. The predicted octanol–water partition coefficient (Wildman–Crippen LogP) is 3.49.